The number of methoxy groups -OCH3 is 2. The number of ether oxygens (including phenoxy) is 2. The lowest BCUT2D eigenvalue weighted by molar-refractivity contribution is 0.119. The van der Waals surface area contributed by atoms with Crippen LogP contribution in [0.3, 0.4) is 0 Å². The Labute approximate surface area is 90.5 Å². The topological polar surface area (TPSA) is 44.5 Å². The van der Waals surface area contributed by atoms with Crippen molar-refractivity contribution in [2.24, 2.45) is 5.73 Å². The highest BCUT2D eigenvalue weighted by Crippen LogP contribution is 2.20. The Kier molecular flexibility index (Phi) is 4.34. The standard InChI is InChI=1S/C12H17NO2/c1-4-11(15-3)12(13)9-5-7-10(14-2)8-6-9/h4-8,11-12H,1,13H2,2-3H3/t11-,12-/m0/s1. The van der Waals surface area contributed by atoms with Crippen LogP contribution in [0.1, 0.15) is 11.6 Å². The largest absolute Gasteiger partial charge is 0.497 e. The lowest BCUT2D eigenvalue weighted by atomic mass is 10.0. The Bertz CT molecular complexity index is 308. The monoisotopic (exact) mass is 207 g/mol. The van der Waals surface area contributed by atoms with Crippen molar-refractivity contribution in [2.75, 3.05) is 14.2 Å². The van der Waals surface area contributed by atoms with E-state index in [9.17, 15) is 0 Å². The molecule has 15 heavy (non-hydrogen) atoms. The van der Waals surface area contributed by atoms with Crippen LogP contribution in [-0.2, 0) is 4.74 Å². The Morgan fingerprint density at radius 3 is 2.27 bits per heavy atom. The summed E-state index contributed by atoms with van der Waals surface area (Å²) in [6, 6.07) is 7.42. The SMILES string of the molecule is C=C[C@H](OC)[C@@H](N)c1ccc(OC)cc1. The van der Waals surface area contributed by atoms with Crippen LogP contribution in [0.25, 0.3) is 0 Å². The second-order valence-electron chi connectivity index (χ2n) is 3.23. The average Bonchev–Trinajstić information content (AvgIpc) is 2.30. The predicted octanol–water partition coefficient (Wildman–Crippen LogP) is 1.90. The van der Waals surface area contributed by atoms with E-state index in [-0.39, 0.29) is 12.1 Å². The zero-order valence-electron chi connectivity index (χ0n) is 9.14. The molecule has 0 unspecified atom stereocenters. The maximum atomic E-state index is 6.01. The average molecular weight is 207 g/mol. The van der Waals surface area contributed by atoms with Gasteiger partial charge in [0, 0.05) is 7.11 Å². The van der Waals surface area contributed by atoms with Gasteiger partial charge in [-0.1, -0.05) is 18.2 Å². The van der Waals surface area contributed by atoms with E-state index in [4.69, 9.17) is 15.2 Å². The summed E-state index contributed by atoms with van der Waals surface area (Å²) in [5.74, 6) is 0.818. The van der Waals surface area contributed by atoms with Gasteiger partial charge in [-0.05, 0) is 17.7 Å². The normalized spacial score (nSPS) is 14.3. The number of nitrogens with two attached hydrogens (primary N) is 1. The quantitative estimate of drug-likeness (QED) is 0.750. The molecule has 0 aliphatic heterocycles. The van der Waals surface area contributed by atoms with Gasteiger partial charge in [0.05, 0.1) is 19.3 Å². The van der Waals surface area contributed by atoms with Gasteiger partial charge in [0.1, 0.15) is 5.75 Å². The minimum absolute atomic E-state index is 0.168. The molecule has 0 aromatic heterocycles. The van der Waals surface area contributed by atoms with Gasteiger partial charge < -0.3 is 15.2 Å². The van der Waals surface area contributed by atoms with Crippen LogP contribution in [0.15, 0.2) is 36.9 Å². The first-order valence-electron chi connectivity index (χ1n) is 4.77. The van der Waals surface area contributed by atoms with E-state index in [1.54, 1.807) is 20.3 Å². The van der Waals surface area contributed by atoms with Gasteiger partial charge in [-0.15, -0.1) is 6.58 Å². The molecule has 3 nitrogen and oxygen atoms in total. The molecule has 0 fully saturated rings. The van der Waals surface area contributed by atoms with Gasteiger partial charge in [0.25, 0.3) is 0 Å². The molecule has 0 aliphatic rings. The molecule has 2 N–H and O–H groups in total. The van der Waals surface area contributed by atoms with Gasteiger partial charge in [-0.2, -0.15) is 0 Å². The third-order valence-corrected chi connectivity index (χ3v) is 2.36. The summed E-state index contributed by atoms with van der Waals surface area (Å²) in [6.07, 6.45) is 1.54. The molecule has 1 aromatic rings. The van der Waals surface area contributed by atoms with Gasteiger partial charge in [-0.3, -0.25) is 0 Å². The van der Waals surface area contributed by atoms with Crippen molar-refractivity contribution in [3.05, 3.63) is 42.5 Å². The molecule has 0 amide bonds. The molecular formula is C12H17NO2. The minimum atomic E-state index is -0.196. The van der Waals surface area contributed by atoms with Crippen molar-refractivity contribution in [1.82, 2.24) is 0 Å². The van der Waals surface area contributed by atoms with Crippen molar-refractivity contribution in [2.45, 2.75) is 12.1 Å². The summed E-state index contributed by atoms with van der Waals surface area (Å²) in [6.45, 7) is 3.68. The van der Waals surface area contributed by atoms with Gasteiger partial charge in [0.15, 0.2) is 0 Å². The van der Waals surface area contributed by atoms with Crippen molar-refractivity contribution in [3.8, 4) is 5.75 Å². The first kappa shape index (κ1) is 11.8. The number of hydrogen-bond acceptors (Lipinski definition) is 3. The van der Waals surface area contributed by atoms with Crippen LogP contribution in [-0.4, -0.2) is 20.3 Å². The molecule has 0 aliphatic carbocycles. The lowest BCUT2D eigenvalue weighted by Gasteiger charge is -2.19. The van der Waals surface area contributed by atoms with Crippen molar-refractivity contribution in [3.63, 3.8) is 0 Å². The second kappa shape index (κ2) is 5.53. The molecule has 0 bridgehead atoms. The fraction of sp³-hybridized carbons (Fsp3) is 0.333. The minimum Gasteiger partial charge on any atom is -0.497 e. The number of hydrogen-bond donors (Lipinski definition) is 1. The maximum Gasteiger partial charge on any atom is 0.118 e. The highest BCUT2D eigenvalue weighted by atomic mass is 16.5. The predicted molar refractivity (Wildman–Crippen MR) is 60.9 cm³/mol. The van der Waals surface area contributed by atoms with Crippen LogP contribution >= 0.6 is 0 Å². The van der Waals surface area contributed by atoms with Crippen LogP contribution in [0.2, 0.25) is 0 Å². The molecule has 2 atom stereocenters. The Hall–Kier alpha value is -1.32. The summed E-state index contributed by atoms with van der Waals surface area (Å²) >= 11 is 0. The first-order chi connectivity index (χ1) is 7.22. The molecule has 1 aromatic carbocycles. The summed E-state index contributed by atoms with van der Waals surface area (Å²) in [7, 11) is 3.26. The van der Waals surface area contributed by atoms with Crippen molar-refractivity contribution < 1.29 is 9.47 Å². The summed E-state index contributed by atoms with van der Waals surface area (Å²) in [5, 5.41) is 0. The van der Waals surface area contributed by atoms with E-state index in [0.717, 1.165) is 11.3 Å². The molecule has 0 spiro atoms. The van der Waals surface area contributed by atoms with E-state index < -0.39 is 0 Å². The van der Waals surface area contributed by atoms with E-state index in [2.05, 4.69) is 6.58 Å². The summed E-state index contributed by atoms with van der Waals surface area (Å²) < 4.78 is 10.3. The molecule has 3 heteroatoms. The van der Waals surface area contributed by atoms with Gasteiger partial charge >= 0.3 is 0 Å². The van der Waals surface area contributed by atoms with Crippen LogP contribution in [0, 0.1) is 0 Å². The molecule has 0 radical (unpaired) electrons. The molecule has 82 valence electrons. The van der Waals surface area contributed by atoms with E-state index >= 15 is 0 Å². The van der Waals surface area contributed by atoms with E-state index in [1.165, 1.54) is 0 Å². The molecule has 0 saturated carbocycles. The third kappa shape index (κ3) is 2.81. The Balaban J connectivity index is 2.81. The molecule has 1 rings (SSSR count). The molecular weight excluding hydrogens is 190 g/mol. The van der Waals surface area contributed by atoms with Gasteiger partial charge in [0.2, 0.25) is 0 Å². The van der Waals surface area contributed by atoms with Crippen molar-refractivity contribution in [1.29, 1.82) is 0 Å². The summed E-state index contributed by atoms with van der Waals surface area (Å²) in [5.41, 5.74) is 7.02. The number of benzene rings is 1. The van der Waals surface area contributed by atoms with E-state index in [1.807, 2.05) is 24.3 Å². The Morgan fingerprint density at radius 2 is 1.87 bits per heavy atom. The highest BCUT2D eigenvalue weighted by molar-refractivity contribution is 5.30. The molecule has 0 heterocycles. The fourth-order valence-corrected chi connectivity index (χ4v) is 1.41. The third-order valence-electron chi connectivity index (χ3n) is 2.36. The first-order valence-corrected chi connectivity index (χ1v) is 4.77. The molecule has 0 saturated heterocycles. The van der Waals surface area contributed by atoms with Crippen LogP contribution in [0.5, 0.6) is 5.75 Å². The second-order valence-corrected chi connectivity index (χ2v) is 3.23. The lowest BCUT2D eigenvalue weighted by Crippen LogP contribution is -2.25. The Morgan fingerprint density at radius 1 is 1.27 bits per heavy atom. The zero-order chi connectivity index (χ0) is 11.3. The highest BCUT2D eigenvalue weighted by Gasteiger charge is 2.15. The zero-order valence-corrected chi connectivity index (χ0v) is 9.14. The van der Waals surface area contributed by atoms with E-state index in [0.29, 0.717) is 0 Å². The number of rotatable bonds is 5. The van der Waals surface area contributed by atoms with Gasteiger partial charge in [-0.25, -0.2) is 0 Å². The maximum absolute atomic E-state index is 6.01. The van der Waals surface area contributed by atoms with Crippen molar-refractivity contribution >= 4 is 0 Å². The smallest absolute Gasteiger partial charge is 0.118 e. The fourth-order valence-electron chi connectivity index (χ4n) is 1.41. The summed E-state index contributed by atoms with van der Waals surface area (Å²) in [4.78, 5) is 0. The van der Waals surface area contributed by atoms with Crippen LogP contribution in [0.4, 0.5) is 0 Å². The van der Waals surface area contributed by atoms with Crippen LogP contribution < -0.4 is 10.5 Å².